The fraction of sp³-hybridized carbons (Fsp3) is 0.577. The van der Waals surface area contributed by atoms with Gasteiger partial charge in [-0.05, 0) is 75.2 Å². The van der Waals surface area contributed by atoms with Crippen LogP contribution >= 0.6 is 0 Å². The third-order valence-electron chi connectivity index (χ3n) is 5.73. The molecule has 1 N–H and O–H groups in total. The highest BCUT2D eigenvalue weighted by molar-refractivity contribution is 5.75. The van der Waals surface area contributed by atoms with Crippen molar-refractivity contribution in [1.82, 2.24) is 5.32 Å². The molecule has 1 aromatic carbocycles. The molecule has 0 heterocycles. The van der Waals surface area contributed by atoms with Gasteiger partial charge in [-0.3, -0.25) is 4.79 Å². The van der Waals surface area contributed by atoms with Crippen LogP contribution in [0.4, 0.5) is 0 Å². The van der Waals surface area contributed by atoms with Gasteiger partial charge in [0.2, 0.25) is 5.91 Å². The number of allylic oxidation sites excluding steroid dienone is 4. The lowest BCUT2D eigenvalue weighted by atomic mass is 9.92. The summed E-state index contributed by atoms with van der Waals surface area (Å²) in [4.78, 5) is 11.6. The van der Waals surface area contributed by atoms with Crippen LogP contribution in [-0.4, -0.2) is 12.5 Å². The first-order valence-corrected chi connectivity index (χ1v) is 11.4. The number of benzene rings is 1. The smallest absolute Gasteiger partial charge is 0.220 e. The summed E-state index contributed by atoms with van der Waals surface area (Å²) in [6.07, 6.45) is 22.1. The van der Waals surface area contributed by atoms with Gasteiger partial charge in [-0.15, -0.1) is 0 Å². The van der Waals surface area contributed by atoms with Crippen molar-refractivity contribution in [1.29, 1.82) is 0 Å². The zero-order chi connectivity index (χ0) is 19.9. The first kappa shape index (κ1) is 22.5. The Morgan fingerprint density at radius 2 is 1.89 bits per heavy atom. The molecule has 2 nitrogen and oxygen atoms in total. The van der Waals surface area contributed by atoms with E-state index in [1.54, 1.807) is 0 Å². The van der Waals surface area contributed by atoms with E-state index in [0.29, 0.717) is 6.42 Å². The summed E-state index contributed by atoms with van der Waals surface area (Å²) in [5.74, 6) is 1.78. The van der Waals surface area contributed by atoms with E-state index in [4.69, 9.17) is 0 Å². The van der Waals surface area contributed by atoms with Gasteiger partial charge in [-0.2, -0.15) is 0 Å². The second-order valence-corrected chi connectivity index (χ2v) is 8.11. The number of aryl methyl sites for hydroxylation is 1. The number of nitrogens with one attached hydrogen (secondary N) is 1. The lowest BCUT2D eigenvalue weighted by Gasteiger charge is -2.14. The Bertz CT molecular complexity index is 590. The molecule has 0 saturated heterocycles. The molecule has 0 unspecified atom stereocenters. The van der Waals surface area contributed by atoms with E-state index in [1.165, 1.54) is 50.5 Å². The lowest BCUT2D eigenvalue weighted by Crippen LogP contribution is -2.23. The van der Waals surface area contributed by atoms with Crippen molar-refractivity contribution >= 4 is 5.91 Å². The molecule has 2 heteroatoms. The van der Waals surface area contributed by atoms with E-state index in [0.717, 1.165) is 37.6 Å². The summed E-state index contributed by atoms with van der Waals surface area (Å²) in [6.45, 7) is 2.89. The van der Waals surface area contributed by atoms with Crippen molar-refractivity contribution in [2.75, 3.05) is 6.54 Å². The second kappa shape index (κ2) is 14.2. The van der Waals surface area contributed by atoms with E-state index in [2.05, 4.69) is 66.9 Å². The molecule has 2 atom stereocenters. The maximum absolute atomic E-state index is 11.6. The van der Waals surface area contributed by atoms with E-state index in [1.807, 2.05) is 0 Å². The fourth-order valence-electron chi connectivity index (χ4n) is 4.07. The molecule has 0 radical (unpaired) electrons. The van der Waals surface area contributed by atoms with Crippen LogP contribution in [0.15, 0.2) is 54.6 Å². The third-order valence-corrected chi connectivity index (χ3v) is 5.73. The molecule has 1 aliphatic carbocycles. The highest BCUT2D eigenvalue weighted by Crippen LogP contribution is 2.35. The predicted molar refractivity (Wildman–Crippen MR) is 120 cm³/mol. The zero-order valence-electron chi connectivity index (χ0n) is 17.7. The summed E-state index contributed by atoms with van der Waals surface area (Å²) in [5, 5.41) is 2.94. The van der Waals surface area contributed by atoms with Gasteiger partial charge in [-0.1, -0.05) is 68.0 Å². The molecule has 154 valence electrons. The van der Waals surface area contributed by atoms with E-state index < -0.39 is 0 Å². The first-order chi connectivity index (χ1) is 13.8. The Labute approximate surface area is 172 Å². The fourth-order valence-corrected chi connectivity index (χ4v) is 4.07. The molecule has 0 spiro atoms. The number of rotatable bonds is 13. The minimum Gasteiger partial charge on any atom is -0.356 e. The van der Waals surface area contributed by atoms with Crippen LogP contribution in [0, 0.1) is 11.8 Å². The Morgan fingerprint density at radius 3 is 2.71 bits per heavy atom. The SMILES string of the molecule is CCCNC(=O)CCC/C=C\C[C@H]1CCC[C@@H]1/C=C/CCCc1ccccc1. The maximum atomic E-state index is 11.6. The quantitative estimate of drug-likeness (QED) is 0.302. The molecular weight excluding hydrogens is 342 g/mol. The number of amides is 1. The molecule has 1 amide bonds. The summed E-state index contributed by atoms with van der Waals surface area (Å²) in [6, 6.07) is 10.8. The molecule has 0 aromatic heterocycles. The largest absolute Gasteiger partial charge is 0.356 e. The Kier molecular flexibility index (Phi) is 11.4. The topological polar surface area (TPSA) is 29.1 Å². The van der Waals surface area contributed by atoms with Gasteiger partial charge in [0.25, 0.3) is 0 Å². The van der Waals surface area contributed by atoms with Gasteiger partial charge < -0.3 is 5.32 Å². The standard InChI is InChI=1S/C26H39NO/c1-2-22-27-26(28)21-12-4-3-10-17-24-19-13-20-25(24)18-11-6-9-16-23-14-7-5-8-15-23/h3,5,7-8,10-11,14-15,18,24-25H,2,4,6,9,12-13,16-17,19-22H2,1H3,(H,27,28)/b10-3-,18-11+/t24-,25-/m0/s1. The number of hydrogen-bond acceptors (Lipinski definition) is 1. The Balaban J connectivity index is 1.57. The van der Waals surface area contributed by atoms with Gasteiger partial charge in [0.15, 0.2) is 0 Å². The highest BCUT2D eigenvalue weighted by Gasteiger charge is 2.23. The van der Waals surface area contributed by atoms with Gasteiger partial charge >= 0.3 is 0 Å². The summed E-state index contributed by atoms with van der Waals surface area (Å²) < 4.78 is 0. The van der Waals surface area contributed by atoms with Crippen LogP contribution < -0.4 is 5.32 Å². The van der Waals surface area contributed by atoms with Gasteiger partial charge in [0, 0.05) is 13.0 Å². The second-order valence-electron chi connectivity index (χ2n) is 8.11. The molecule has 1 fully saturated rings. The monoisotopic (exact) mass is 381 g/mol. The van der Waals surface area contributed by atoms with Crippen molar-refractivity contribution in [2.45, 2.75) is 77.6 Å². The van der Waals surface area contributed by atoms with Crippen LogP contribution in [-0.2, 0) is 11.2 Å². The zero-order valence-corrected chi connectivity index (χ0v) is 17.7. The minimum atomic E-state index is 0.198. The molecular formula is C26H39NO. The normalized spacial score (nSPS) is 19.6. The van der Waals surface area contributed by atoms with Crippen LogP contribution in [0.25, 0.3) is 0 Å². The Hall–Kier alpha value is -1.83. The molecule has 0 bridgehead atoms. The molecule has 1 saturated carbocycles. The van der Waals surface area contributed by atoms with Gasteiger partial charge in [0.05, 0.1) is 0 Å². The summed E-state index contributed by atoms with van der Waals surface area (Å²) >= 11 is 0. The van der Waals surface area contributed by atoms with Crippen LogP contribution in [0.2, 0.25) is 0 Å². The number of carbonyl (C=O) groups is 1. The molecule has 0 aliphatic heterocycles. The molecule has 28 heavy (non-hydrogen) atoms. The van der Waals surface area contributed by atoms with Crippen LogP contribution in [0.3, 0.4) is 0 Å². The average Bonchev–Trinajstić information content (AvgIpc) is 3.16. The summed E-state index contributed by atoms with van der Waals surface area (Å²) in [5.41, 5.74) is 1.45. The van der Waals surface area contributed by atoms with Crippen molar-refractivity contribution in [3.8, 4) is 0 Å². The van der Waals surface area contributed by atoms with E-state index in [-0.39, 0.29) is 5.91 Å². The molecule has 2 rings (SSSR count). The lowest BCUT2D eigenvalue weighted by molar-refractivity contribution is -0.121. The summed E-state index contributed by atoms with van der Waals surface area (Å²) in [7, 11) is 0. The Morgan fingerprint density at radius 1 is 1.07 bits per heavy atom. The predicted octanol–water partition coefficient (Wildman–Crippen LogP) is 6.62. The third kappa shape index (κ3) is 9.39. The number of unbranched alkanes of at least 4 members (excludes halogenated alkanes) is 2. The van der Waals surface area contributed by atoms with Gasteiger partial charge in [-0.25, -0.2) is 0 Å². The first-order valence-electron chi connectivity index (χ1n) is 11.4. The average molecular weight is 382 g/mol. The molecule has 1 aromatic rings. The van der Waals surface area contributed by atoms with Crippen molar-refractivity contribution in [3.63, 3.8) is 0 Å². The van der Waals surface area contributed by atoms with Gasteiger partial charge in [0.1, 0.15) is 0 Å². The van der Waals surface area contributed by atoms with Crippen LogP contribution in [0.1, 0.15) is 76.7 Å². The van der Waals surface area contributed by atoms with Crippen LogP contribution in [0.5, 0.6) is 0 Å². The van der Waals surface area contributed by atoms with Crippen molar-refractivity contribution < 1.29 is 4.79 Å². The highest BCUT2D eigenvalue weighted by atomic mass is 16.1. The molecule has 1 aliphatic rings. The maximum Gasteiger partial charge on any atom is 0.220 e. The number of carbonyl (C=O) groups excluding carboxylic acids is 1. The van der Waals surface area contributed by atoms with E-state index in [9.17, 15) is 4.79 Å². The minimum absolute atomic E-state index is 0.198. The number of hydrogen-bond donors (Lipinski definition) is 1. The van der Waals surface area contributed by atoms with Crippen molar-refractivity contribution in [3.05, 3.63) is 60.2 Å². The van der Waals surface area contributed by atoms with E-state index >= 15 is 0 Å². The van der Waals surface area contributed by atoms with Crippen molar-refractivity contribution in [2.24, 2.45) is 11.8 Å².